The van der Waals surface area contributed by atoms with Crippen molar-refractivity contribution in [2.24, 2.45) is 0 Å². The van der Waals surface area contributed by atoms with Gasteiger partial charge in [0.2, 0.25) is 0 Å². The number of halogens is 1. The van der Waals surface area contributed by atoms with Crippen LogP contribution in [0.15, 0.2) is 70.0 Å². The summed E-state index contributed by atoms with van der Waals surface area (Å²) in [6.45, 7) is 1.35. The van der Waals surface area contributed by atoms with E-state index < -0.39 is 15.7 Å². The maximum atomic E-state index is 13.0. The molecular formula is C24H23ClN2O5S. The summed E-state index contributed by atoms with van der Waals surface area (Å²) in [7, 11) is -3.61. The Bertz CT molecular complexity index is 1270. The largest absolute Gasteiger partial charge is 0.455 e. The Morgan fingerprint density at radius 1 is 0.970 bits per heavy atom. The van der Waals surface area contributed by atoms with Gasteiger partial charge in [0.1, 0.15) is 11.5 Å². The van der Waals surface area contributed by atoms with Gasteiger partial charge in [0.15, 0.2) is 15.6 Å². The van der Waals surface area contributed by atoms with Crippen LogP contribution in [0.1, 0.15) is 45.9 Å². The summed E-state index contributed by atoms with van der Waals surface area (Å²) < 4.78 is 30.6. The normalized spacial score (nSPS) is 14.2. The van der Waals surface area contributed by atoms with Crippen molar-refractivity contribution >= 4 is 38.9 Å². The second kappa shape index (κ2) is 9.80. The molecule has 172 valence electrons. The monoisotopic (exact) mass is 486 g/mol. The first-order valence-electron chi connectivity index (χ1n) is 10.6. The van der Waals surface area contributed by atoms with E-state index in [-0.39, 0.29) is 33.8 Å². The number of carbonyl (C=O) groups is 2. The molecule has 0 saturated carbocycles. The summed E-state index contributed by atoms with van der Waals surface area (Å²) in [5.41, 5.74) is 0.617. The first-order chi connectivity index (χ1) is 15.8. The predicted molar refractivity (Wildman–Crippen MR) is 125 cm³/mol. The van der Waals surface area contributed by atoms with Gasteiger partial charge in [-0.3, -0.25) is 9.59 Å². The highest BCUT2D eigenvalue weighted by Crippen LogP contribution is 2.25. The fourth-order valence-electron chi connectivity index (χ4n) is 3.73. The minimum atomic E-state index is -3.61. The van der Waals surface area contributed by atoms with Gasteiger partial charge in [0, 0.05) is 18.1 Å². The molecule has 0 bridgehead atoms. The maximum Gasteiger partial charge on any atom is 0.291 e. The molecule has 3 aromatic rings. The lowest BCUT2D eigenvalue weighted by Gasteiger charge is -2.27. The van der Waals surface area contributed by atoms with Gasteiger partial charge in [-0.15, -0.1) is 0 Å². The number of carbonyl (C=O) groups excluding carboxylic acids is 2. The number of nitrogens with one attached hydrogen (secondary N) is 1. The van der Waals surface area contributed by atoms with E-state index in [2.05, 4.69) is 5.32 Å². The van der Waals surface area contributed by atoms with Crippen LogP contribution in [0.5, 0.6) is 0 Å². The Kier molecular flexibility index (Phi) is 6.85. The van der Waals surface area contributed by atoms with E-state index in [1.165, 1.54) is 30.3 Å². The standard InChI is InChI=1S/C24H23ClN2O5S/c25-17-9-11-20(24(29)27-13-5-2-6-14-27)21(15-17)26-23(28)22-12-10-18(32-22)16-33(30,31)19-7-3-1-4-8-19/h1,3-4,7-12,15H,2,5-6,13-14,16H2,(H,26,28). The van der Waals surface area contributed by atoms with Crippen LogP contribution in [0.25, 0.3) is 0 Å². The Morgan fingerprint density at radius 2 is 1.70 bits per heavy atom. The molecule has 0 unspecified atom stereocenters. The van der Waals surface area contributed by atoms with Crippen molar-refractivity contribution in [2.75, 3.05) is 18.4 Å². The number of anilines is 1. The summed E-state index contributed by atoms with van der Waals surface area (Å²) in [6.07, 6.45) is 2.99. The second-order valence-corrected chi connectivity index (χ2v) is 10.3. The Morgan fingerprint density at radius 3 is 2.42 bits per heavy atom. The van der Waals surface area contributed by atoms with Crippen LogP contribution in [-0.2, 0) is 15.6 Å². The molecule has 0 spiro atoms. The zero-order chi connectivity index (χ0) is 23.4. The zero-order valence-corrected chi connectivity index (χ0v) is 19.4. The van der Waals surface area contributed by atoms with Crippen molar-refractivity contribution in [3.05, 3.63) is 82.8 Å². The lowest BCUT2D eigenvalue weighted by molar-refractivity contribution is 0.0725. The molecule has 1 aromatic heterocycles. The molecule has 1 aliphatic heterocycles. The minimum absolute atomic E-state index is 0.0652. The van der Waals surface area contributed by atoms with E-state index in [0.717, 1.165) is 19.3 Å². The van der Waals surface area contributed by atoms with Crippen molar-refractivity contribution in [3.8, 4) is 0 Å². The fourth-order valence-corrected chi connectivity index (χ4v) is 5.17. The molecule has 7 nitrogen and oxygen atoms in total. The Balaban J connectivity index is 1.51. The number of likely N-dealkylation sites (tertiary alicyclic amines) is 1. The van der Waals surface area contributed by atoms with Gasteiger partial charge in [0.25, 0.3) is 11.8 Å². The van der Waals surface area contributed by atoms with E-state index in [1.54, 1.807) is 35.2 Å². The average Bonchev–Trinajstić information content (AvgIpc) is 3.28. The highest BCUT2D eigenvalue weighted by atomic mass is 35.5. The first kappa shape index (κ1) is 23.1. The van der Waals surface area contributed by atoms with E-state index in [9.17, 15) is 18.0 Å². The van der Waals surface area contributed by atoms with Gasteiger partial charge < -0.3 is 14.6 Å². The molecule has 2 amide bonds. The molecule has 33 heavy (non-hydrogen) atoms. The number of nitrogens with zero attached hydrogens (tertiary/aromatic N) is 1. The molecule has 1 N–H and O–H groups in total. The van der Waals surface area contributed by atoms with Crippen LogP contribution in [0.3, 0.4) is 0 Å². The number of amides is 2. The smallest absolute Gasteiger partial charge is 0.291 e. The number of hydrogen-bond donors (Lipinski definition) is 1. The number of piperidine rings is 1. The van der Waals surface area contributed by atoms with Crippen LogP contribution in [0.2, 0.25) is 5.02 Å². The Labute approximate surface area is 197 Å². The topological polar surface area (TPSA) is 96.7 Å². The SMILES string of the molecule is O=C(Nc1cc(Cl)ccc1C(=O)N1CCCCC1)c1ccc(CS(=O)(=O)c2ccccc2)o1. The zero-order valence-electron chi connectivity index (χ0n) is 17.8. The molecule has 0 aliphatic carbocycles. The summed E-state index contributed by atoms with van der Waals surface area (Å²) in [5.74, 6) is -1.08. The minimum Gasteiger partial charge on any atom is -0.455 e. The first-order valence-corrected chi connectivity index (χ1v) is 12.6. The van der Waals surface area contributed by atoms with Crippen molar-refractivity contribution in [3.63, 3.8) is 0 Å². The van der Waals surface area contributed by atoms with E-state index in [0.29, 0.717) is 23.7 Å². The van der Waals surface area contributed by atoms with Crippen LogP contribution in [0, 0.1) is 0 Å². The number of hydrogen-bond acceptors (Lipinski definition) is 5. The highest BCUT2D eigenvalue weighted by molar-refractivity contribution is 7.90. The summed E-state index contributed by atoms with van der Waals surface area (Å²) >= 11 is 6.11. The van der Waals surface area contributed by atoms with Gasteiger partial charge >= 0.3 is 0 Å². The molecule has 4 rings (SSSR count). The lowest BCUT2D eigenvalue weighted by Crippen LogP contribution is -2.36. The van der Waals surface area contributed by atoms with Crippen molar-refractivity contribution < 1.29 is 22.4 Å². The van der Waals surface area contributed by atoms with Crippen LogP contribution in [-0.4, -0.2) is 38.2 Å². The van der Waals surface area contributed by atoms with Gasteiger partial charge in [-0.25, -0.2) is 8.42 Å². The molecule has 9 heteroatoms. The molecule has 2 aromatic carbocycles. The molecule has 1 aliphatic rings. The van der Waals surface area contributed by atoms with Gasteiger partial charge in [-0.2, -0.15) is 0 Å². The van der Waals surface area contributed by atoms with Crippen LogP contribution >= 0.6 is 11.6 Å². The third kappa shape index (κ3) is 5.46. The van der Waals surface area contributed by atoms with E-state index >= 15 is 0 Å². The van der Waals surface area contributed by atoms with Gasteiger partial charge in [-0.1, -0.05) is 29.8 Å². The average molecular weight is 487 g/mol. The molecule has 2 heterocycles. The fraction of sp³-hybridized carbons (Fsp3) is 0.250. The van der Waals surface area contributed by atoms with Crippen molar-refractivity contribution in [2.45, 2.75) is 29.9 Å². The van der Waals surface area contributed by atoms with Crippen LogP contribution < -0.4 is 5.32 Å². The molecular weight excluding hydrogens is 464 g/mol. The third-order valence-corrected chi connectivity index (χ3v) is 7.31. The van der Waals surface area contributed by atoms with Gasteiger partial charge in [-0.05, 0) is 61.7 Å². The summed E-state index contributed by atoms with van der Waals surface area (Å²) in [5, 5.41) is 3.05. The van der Waals surface area contributed by atoms with E-state index in [1.807, 2.05) is 0 Å². The molecule has 1 saturated heterocycles. The quantitative estimate of drug-likeness (QED) is 0.540. The number of furan rings is 1. The summed E-state index contributed by atoms with van der Waals surface area (Å²) in [6, 6.07) is 15.6. The number of sulfone groups is 1. The maximum absolute atomic E-state index is 13.0. The molecule has 0 radical (unpaired) electrons. The predicted octanol–water partition coefficient (Wildman–Crippen LogP) is 4.79. The highest BCUT2D eigenvalue weighted by Gasteiger charge is 2.23. The lowest BCUT2D eigenvalue weighted by atomic mass is 10.1. The summed E-state index contributed by atoms with van der Waals surface area (Å²) in [4.78, 5) is 27.7. The molecule has 1 fully saturated rings. The van der Waals surface area contributed by atoms with Crippen LogP contribution in [0.4, 0.5) is 5.69 Å². The Hall–Kier alpha value is -3.10. The second-order valence-electron chi connectivity index (χ2n) is 7.83. The molecule has 0 atom stereocenters. The van der Waals surface area contributed by atoms with Crippen molar-refractivity contribution in [1.82, 2.24) is 4.90 Å². The third-order valence-electron chi connectivity index (χ3n) is 5.42. The van der Waals surface area contributed by atoms with Gasteiger partial charge in [0.05, 0.1) is 16.1 Å². The number of benzene rings is 2. The number of rotatable bonds is 6. The van der Waals surface area contributed by atoms with E-state index in [4.69, 9.17) is 16.0 Å². The van der Waals surface area contributed by atoms with Crippen molar-refractivity contribution in [1.29, 1.82) is 0 Å².